The average Bonchev–Trinajstić information content (AvgIpc) is 2.84. The minimum absolute atomic E-state index is 0.0524. The first-order valence-electron chi connectivity index (χ1n) is 6.44. The first-order valence-corrected chi connectivity index (χ1v) is 7.99. The summed E-state index contributed by atoms with van der Waals surface area (Å²) >= 11 is 0. The topological polar surface area (TPSA) is 108 Å². The van der Waals surface area contributed by atoms with Gasteiger partial charge in [-0.15, -0.1) is 0 Å². The van der Waals surface area contributed by atoms with Crippen molar-refractivity contribution in [2.45, 2.75) is 24.3 Å². The van der Waals surface area contributed by atoms with Gasteiger partial charge in [-0.1, -0.05) is 0 Å². The lowest BCUT2D eigenvalue weighted by Crippen LogP contribution is -2.23. The standard InChI is InChI=1S/C13H18N2O5S/c1-8-5-9(7-20-8)13(16)15-10-3-4-11(19-2)12(6-10)21(14,17)18/h3-4,6,8-9H,5,7H2,1-2H3,(H,15,16)(H2,14,17,18). The molecule has 1 aliphatic heterocycles. The first kappa shape index (κ1) is 15.7. The molecule has 1 heterocycles. The molecule has 0 aromatic heterocycles. The summed E-state index contributed by atoms with van der Waals surface area (Å²) in [6.45, 7) is 2.27. The zero-order chi connectivity index (χ0) is 15.6. The number of nitrogens with one attached hydrogen (secondary N) is 1. The highest BCUT2D eigenvalue weighted by Gasteiger charge is 2.28. The van der Waals surface area contributed by atoms with E-state index in [1.165, 1.54) is 19.2 Å². The number of carbonyl (C=O) groups is 1. The maximum Gasteiger partial charge on any atom is 0.241 e. The van der Waals surface area contributed by atoms with Crippen molar-refractivity contribution in [3.05, 3.63) is 18.2 Å². The molecular weight excluding hydrogens is 296 g/mol. The van der Waals surface area contributed by atoms with Crippen LogP contribution in [-0.4, -0.2) is 34.1 Å². The molecule has 1 aromatic carbocycles. The highest BCUT2D eigenvalue weighted by Crippen LogP contribution is 2.27. The Balaban J connectivity index is 2.19. The van der Waals surface area contributed by atoms with Gasteiger partial charge in [0.1, 0.15) is 10.6 Å². The number of carbonyl (C=O) groups excluding carboxylic acids is 1. The van der Waals surface area contributed by atoms with Gasteiger partial charge in [-0.2, -0.15) is 0 Å². The summed E-state index contributed by atoms with van der Waals surface area (Å²) < 4.78 is 33.3. The number of methoxy groups -OCH3 is 1. The number of hydrogen-bond acceptors (Lipinski definition) is 5. The van der Waals surface area contributed by atoms with Crippen molar-refractivity contribution in [2.24, 2.45) is 11.1 Å². The Bertz CT molecular complexity index is 644. The Morgan fingerprint density at radius 2 is 2.19 bits per heavy atom. The van der Waals surface area contributed by atoms with Crippen molar-refractivity contribution in [3.8, 4) is 5.75 Å². The molecule has 1 amide bonds. The van der Waals surface area contributed by atoms with Crippen LogP contribution in [0, 0.1) is 5.92 Å². The van der Waals surface area contributed by atoms with E-state index < -0.39 is 10.0 Å². The maximum atomic E-state index is 12.1. The molecule has 0 saturated carbocycles. The van der Waals surface area contributed by atoms with Crippen LogP contribution >= 0.6 is 0 Å². The van der Waals surface area contributed by atoms with E-state index in [1.807, 2.05) is 6.92 Å². The van der Waals surface area contributed by atoms with Crippen LogP contribution < -0.4 is 15.2 Å². The van der Waals surface area contributed by atoms with Crippen LogP contribution in [0.5, 0.6) is 5.75 Å². The Kier molecular flexibility index (Phi) is 4.50. The van der Waals surface area contributed by atoms with E-state index in [0.29, 0.717) is 18.7 Å². The van der Waals surface area contributed by atoms with E-state index in [-0.39, 0.29) is 28.6 Å². The Morgan fingerprint density at radius 3 is 2.71 bits per heavy atom. The number of ether oxygens (including phenoxy) is 2. The SMILES string of the molecule is COc1ccc(NC(=O)C2COC(C)C2)cc1S(N)(=O)=O. The van der Waals surface area contributed by atoms with E-state index in [9.17, 15) is 13.2 Å². The number of primary sulfonamides is 1. The summed E-state index contributed by atoms with van der Waals surface area (Å²) in [6.07, 6.45) is 0.695. The zero-order valence-corrected chi connectivity index (χ0v) is 12.6. The van der Waals surface area contributed by atoms with E-state index in [2.05, 4.69) is 5.32 Å². The van der Waals surface area contributed by atoms with Gasteiger partial charge in [-0.3, -0.25) is 4.79 Å². The molecular formula is C13H18N2O5S. The number of amides is 1. The van der Waals surface area contributed by atoms with Gasteiger partial charge in [-0.25, -0.2) is 13.6 Å². The van der Waals surface area contributed by atoms with Crippen LogP contribution in [0.2, 0.25) is 0 Å². The Hall–Kier alpha value is -1.64. The minimum Gasteiger partial charge on any atom is -0.495 e. The first-order chi connectivity index (χ1) is 9.81. The third-order valence-electron chi connectivity index (χ3n) is 3.31. The minimum atomic E-state index is -3.93. The fraction of sp³-hybridized carbons (Fsp3) is 0.462. The molecule has 1 saturated heterocycles. The van der Waals surface area contributed by atoms with Crippen LogP contribution in [0.15, 0.2) is 23.1 Å². The highest BCUT2D eigenvalue weighted by molar-refractivity contribution is 7.89. The number of rotatable bonds is 4. The van der Waals surface area contributed by atoms with Crippen LogP contribution in [-0.2, 0) is 19.6 Å². The molecule has 0 bridgehead atoms. The van der Waals surface area contributed by atoms with Gasteiger partial charge in [0.15, 0.2) is 0 Å². The lowest BCUT2D eigenvalue weighted by atomic mass is 10.1. The summed E-state index contributed by atoms with van der Waals surface area (Å²) in [4.78, 5) is 11.9. The summed E-state index contributed by atoms with van der Waals surface area (Å²) in [5.74, 6) is -0.307. The van der Waals surface area contributed by atoms with Crippen molar-refractivity contribution in [1.82, 2.24) is 0 Å². The average molecular weight is 314 g/mol. The summed E-state index contributed by atoms with van der Waals surface area (Å²) in [5.41, 5.74) is 0.351. The molecule has 3 N–H and O–H groups in total. The lowest BCUT2D eigenvalue weighted by Gasteiger charge is -2.12. The zero-order valence-electron chi connectivity index (χ0n) is 11.8. The fourth-order valence-electron chi connectivity index (χ4n) is 2.22. The van der Waals surface area contributed by atoms with Gasteiger partial charge < -0.3 is 14.8 Å². The number of sulfonamides is 1. The van der Waals surface area contributed by atoms with E-state index in [0.717, 1.165) is 0 Å². The smallest absolute Gasteiger partial charge is 0.241 e. The second-order valence-electron chi connectivity index (χ2n) is 4.98. The van der Waals surface area contributed by atoms with Gasteiger partial charge in [0, 0.05) is 5.69 Å². The van der Waals surface area contributed by atoms with Crippen molar-refractivity contribution in [3.63, 3.8) is 0 Å². The van der Waals surface area contributed by atoms with Gasteiger partial charge in [0.2, 0.25) is 15.9 Å². The van der Waals surface area contributed by atoms with E-state index in [1.54, 1.807) is 6.07 Å². The number of nitrogens with two attached hydrogens (primary N) is 1. The van der Waals surface area contributed by atoms with Crippen LogP contribution in [0.1, 0.15) is 13.3 Å². The monoisotopic (exact) mass is 314 g/mol. The van der Waals surface area contributed by atoms with E-state index >= 15 is 0 Å². The lowest BCUT2D eigenvalue weighted by molar-refractivity contribution is -0.119. The van der Waals surface area contributed by atoms with Gasteiger partial charge >= 0.3 is 0 Å². The molecule has 2 atom stereocenters. The van der Waals surface area contributed by atoms with Crippen LogP contribution in [0.25, 0.3) is 0 Å². The molecule has 1 fully saturated rings. The maximum absolute atomic E-state index is 12.1. The van der Waals surface area contributed by atoms with Gasteiger partial charge in [0.05, 0.1) is 25.7 Å². The molecule has 116 valence electrons. The van der Waals surface area contributed by atoms with Crippen LogP contribution in [0.4, 0.5) is 5.69 Å². The number of benzene rings is 1. The largest absolute Gasteiger partial charge is 0.495 e. The summed E-state index contributed by atoms with van der Waals surface area (Å²) in [7, 11) is -2.59. The van der Waals surface area contributed by atoms with Crippen molar-refractivity contribution in [1.29, 1.82) is 0 Å². The van der Waals surface area contributed by atoms with Crippen molar-refractivity contribution >= 4 is 21.6 Å². The summed E-state index contributed by atoms with van der Waals surface area (Å²) in [6, 6.07) is 4.29. The number of hydrogen-bond donors (Lipinski definition) is 2. The molecule has 1 aliphatic rings. The molecule has 21 heavy (non-hydrogen) atoms. The molecule has 2 unspecified atom stereocenters. The third kappa shape index (κ3) is 3.72. The second-order valence-corrected chi connectivity index (χ2v) is 6.51. The fourth-order valence-corrected chi connectivity index (χ4v) is 2.94. The summed E-state index contributed by atoms with van der Waals surface area (Å²) in [5, 5.41) is 7.81. The predicted molar refractivity (Wildman–Crippen MR) is 76.5 cm³/mol. The van der Waals surface area contributed by atoms with Crippen molar-refractivity contribution in [2.75, 3.05) is 19.0 Å². The van der Waals surface area contributed by atoms with E-state index in [4.69, 9.17) is 14.6 Å². The highest BCUT2D eigenvalue weighted by atomic mass is 32.2. The normalized spacial score (nSPS) is 22.0. The predicted octanol–water partition coefficient (Wildman–Crippen LogP) is 0.706. The Labute approximate surface area is 123 Å². The van der Waals surface area contributed by atoms with Gasteiger partial charge in [-0.05, 0) is 31.5 Å². The molecule has 1 aromatic rings. The second kappa shape index (κ2) is 6.00. The molecule has 0 aliphatic carbocycles. The molecule has 0 spiro atoms. The quantitative estimate of drug-likeness (QED) is 0.851. The molecule has 8 heteroatoms. The van der Waals surface area contributed by atoms with Crippen molar-refractivity contribution < 1.29 is 22.7 Å². The molecule has 7 nitrogen and oxygen atoms in total. The molecule has 0 radical (unpaired) electrons. The Morgan fingerprint density at radius 1 is 1.48 bits per heavy atom. The van der Waals surface area contributed by atoms with Crippen LogP contribution in [0.3, 0.4) is 0 Å². The number of anilines is 1. The van der Waals surface area contributed by atoms with Gasteiger partial charge in [0.25, 0.3) is 0 Å². The third-order valence-corrected chi connectivity index (χ3v) is 4.24. The molecule has 2 rings (SSSR count).